The van der Waals surface area contributed by atoms with E-state index in [1.807, 2.05) is 31.5 Å². The van der Waals surface area contributed by atoms with Gasteiger partial charge in [-0.2, -0.15) is 15.3 Å². The maximum absolute atomic E-state index is 13.9. The van der Waals surface area contributed by atoms with Gasteiger partial charge in [-0.1, -0.05) is 17.8 Å². The summed E-state index contributed by atoms with van der Waals surface area (Å²) in [7, 11) is 0. The maximum atomic E-state index is 13.9. The molecule has 152 valence electrons. The molecule has 3 aromatic rings. The predicted molar refractivity (Wildman–Crippen MR) is 110 cm³/mol. The van der Waals surface area contributed by atoms with Crippen molar-refractivity contribution in [2.24, 2.45) is 10.8 Å². The third-order valence-electron chi connectivity index (χ3n) is 4.70. The van der Waals surface area contributed by atoms with Gasteiger partial charge in [0, 0.05) is 23.5 Å². The lowest BCUT2D eigenvalue weighted by Gasteiger charge is -2.15. The first-order valence-corrected chi connectivity index (χ1v) is 10.0. The minimum Gasteiger partial charge on any atom is -0.301 e. The number of nitrogens with two attached hydrogens (primary N) is 1. The molecule has 0 amide bonds. The van der Waals surface area contributed by atoms with Crippen molar-refractivity contribution in [2.75, 3.05) is 5.01 Å². The van der Waals surface area contributed by atoms with E-state index >= 15 is 0 Å². The van der Waals surface area contributed by atoms with E-state index < -0.39 is 17.1 Å². The molecule has 10 heteroatoms. The van der Waals surface area contributed by atoms with Gasteiger partial charge in [-0.15, -0.1) is 0 Å². The number of halogens is 2. The molecule has 29 heavy (non-hydrogen) atoms. The van der Waals surface area contributed by atoms with Gasteiger partial charge in [0.1, 0.15) is 16.7 Å². The lowest BCUT2D eigenvalue weighted by Crippen LogP contribution is -2.32. The molecule has 3 heterocycles. The molecule has 0 aliphatic carbocycles. The number of aryl methyl sites for hydroxylation is 2. The Kier molecular flexibility index (Phi) is 5.13. The number of hydrogen-bond donors (Lipinski definition) is 1. The van der Waals surface area contributed by atoms with Crippen LogP contribution in [-0.2, 0) is 6.54 Å². The van der Waals surface area contributed by atoms with Gasteiger partial charge in [0.25, 0.3) is 0 Å². The molecule has 2 aromatic heterocycles. The molecule has 2 unspecified atom stereocenters. The average molecular weight is 417 g/mol. The van der Waals surface area contributed by atoms with Crippen LogP contribution in [0.4, 0.5) is 14.6 Å². The van der Waals surface area contributed by atoms with Crippen LogP contribution < -0.4 is 10.7 Å². The second-order valence-electron chi connectivity index (χ2n) is 6.91. The number of aromatic nitrogens is 4. The number of hydrazone groups is 1. The molecule has 0 saturated heterocycles. The fraction of sp³-hybridized carbons (Fsp3) is 0.316. The van der Waals surface area contributed by atoms with Gasteiger partial charge in [0.05, 0.1) is 18.3 Å². The van der Waals surface area contributed by atoms with E-state index in [1.165, 1.54) is 34.6 Å². The monoisotopic (exact) mass is 417 g/mol. The fourth-order valence-corrected chi connectivity index (χ4v) is 4.21. The van der Waals surface area contributed by atoms with Gasteiger partial charge in [-0.05, 0) is 39.0 Å². The highest BCUT2D eigenvalue weighted by atomic mass is 32.2. The highest BCUT2D eigenvalue weighted by Gasteiger charge is 2.31. The molecule has 1 aromatic carbocycles. The molecule has 4 rings (SSSR count). The van der Waals surface area contributed by atoms with Gasteiger partial charge in [-0.25, -0.2) is 13.8 Å². The third-order valence-corrected chi connectivity index (χ3v) is 5.81. The van der Waals surface area contributed by atoms with Crippen LogP contribution in [0.2, 0.25) is 0 Å². The minimum atomic E-state index is -0.602. The molecule has 1 aliphatic rings. The summed E-state index contributed by atoms with van der Waals surface area (Å²) in [5, 5.41) is 16.0. The Morgan fingerprint density at radius 2 is 1.90 bits per heavy atom. The second kappa shape index (κ2) is 7.60. The summed E-state index contributed by atoms with van der Waals surface area (Å²) in [5.74, 6) is -0.693. The van der Waals surface area contributed by atoms with Gasteiger partial charge in [0.15, 0.2) is 11.3 Å². The van der Waals surface area contributed by atoms with E-state index in [4.69, 9.17) is 5.73 Å². The molecule has 7 nitrogen and oxygen atoms in total. The van der Waals surface area contributed by atoms with Crippen LogP contribution in [-0.4, -0.2) is 30.1 Å². The van der Waals surface area contributed by atoms with E-state index in [1.54, 1.807) is 17.3 Å². The molecule has 0 saturated carbocycles. The number of benzene rings is 1. The lowest BCUT2D eigenvalue weighted by atomic mass is 10.2. The van der Waals surface area contributed by atoms with E-state index in [0.29, 0.717) is 5.82 Å². The highest BCUT2D eigenvalue weighted by Crippen LogP contribution is 2.32. The summed E-state index contributed by atoms with van der Waals surface area (Å²) in [6.45, 7) is 5.94. The Labute approximate surface area is 171 Å². The zero-order valence-corrected chi connectivity index (χ0v) is 17.1. The second-order valence-corrected chi connectivity index (χ2v) is 8.05. The highest BCUT2D eigenvalue weighted by molar-refractivity contribution is 8.14. The maximum Gasteiger partial charge on any atom is 0.173 e. The summed E-state index contributed by atoms with van der Waals surface area (Å²) in [6, 6.07) is 7.46. The standard InChI is InChI=1S/C19H21F2N7S/c1-11-9-12(2)27(23-11)13(3)18-25-28(19(22)29-18)17-7-8-26(24-17)10-14-15(20)5-4-6-16(14)21/h4-9,13,19H,10,22H2,1-3H3. The summed E-state index contributed by atoms with van der Waals surface area (Å²) in [6.07, 6.45) is 1.65. The smallest absolute Gasteiger partial charge is 0.173 e. The molecular weight excluding hydrogens is 396 g/mol. The van der Waals surface area contributed by atoms with Crippen molar-refractivity contribution in [1.82, 2.24) is 19.6 Å². The molecule has 1 aliphatic heterocycles. The molecule has 0 radical (unpaired) electrons. The average Bonchev–Trinajstić information content (AvgIpc) is 3.36. The Balaban J connectivity index is 1.55. The lowest BCUT2D eigenvalue weighted by molar-refractivity contribution is 0.532. The Morgan fingerprint density at radius 1 is 1.17 bits per heavy atom. The van der Waals surface area contributed by atoms with E-state index in [2.05, 4.69) is 15.3 Å². The number of thioether (sulfide) groups is 1. The first-order valence-electron chi connectivity index (χ1n) is 9.12. The Hall–Kier alpha value is -2.72. The summed E-state index contributed by atoms with van der Waals surface area (Å²) < 4.78 is 31.2. The van der Waals surface area contributed by atoms with Crippen LogP contribution in [0.15, 0.2) is 41.6 Å². The van der Waals surface area contributed by atoms with Crippen LogP contribution in [0, 0.1) is 25.5 Å². The van der Waals surface area contributed by atoms with Crippen molar-refractivity contribution >= 4 is 22.6 Å². The summed E-state index contributed by atoms with van der Waals surface area (Å²) in [5.41, 5.74) is 7.75. The first kappa shape index (κ1) is 19.6. The number of anilines is 1. The quantitative estimate of drug-likeness (QED) is 0.689. The van der Waals surface area contributed by atoms with E-state index in [-0.39, 0.29) is 18.2 Å². The molecule has 2 N–H and O–H groups in total. The van der Waals surface area contributed by atoms with Crippen LogP contribution >= 0.6 is 11.8 Å². The van der Waals surface area contributed by atoms with Crippen molar-refractivity contribution < 1.29 is 8.78 Å². The Bertz CT molecular complexity index is 1050. The van der Waals surface area contributed by atoms with E-state index in [0.717, 1.165) is 16.4 Å². The topological polar surface area (TPSA) is 77.3 Å². The summed E-state index contributed by atoms with van der Waals surface area (Å²) >= 11 is 1.43. The minimum absolute atomic E-state index is 0.0204. The third kappa shape index (κ3) is 3.77. The summed E-state index contributed by atoms with van der Waals surface area (Å²) in [4.78, 5) is 0. The predicted octanol–water partition coefficient (Wildman–Crippen LogP) is 3.39. The molecule has 0 spiro atoms. The van der Waals surface area contributed by atoms with E-state index in [9.17, 15) is 8.78 Å². The molecule has 0 bridgehead atoms. The molecule has 0 fully saturated rings. The number of hydrogen-bond acceptors (Lipinski definition) is 6. The van der Waals surface area contributed by atoms with Gasteiger partial charge < -0.3 is 5.73 Å². The Morgan fingerprint density at radius 3 is 2.55 bits per heavy atom. The molecular formula is C19H21F2N7S. The molecule has 2 atom stereocenters. The number of rotatable bonds is 5. The van der Waals surface area contributed by atoms with Crippen LogP contribution in [0.3, 0.4) is 0 Å². The van der Waals surface area contributed by atoms with Gasteiger partial charge >= 0.3 is 0 Å². The fourth-order valence-electron chi connectivity index (χ4n) is 3.27. The van der Waals surface area contributed by atoms with Crippen molar-refractivity contribution in [3.05, 3.63) is 65.1 Å². The number of nitrogens with zero attached hydrogens (tertiary/aromatic N) is 6. The zero-order valence-electron chi connectivity index (χ0n) is 16.3. The van der Waals surface area contributed by atoms with Gasteiger partial charge in [-0.3, -0.25) is 9.36 Å². The van der Waals surface area contributed by atoms with Crippen molar-refractivity contribution in [2.45, 2.75) is 38.9 Å². The van der Waals surface area contributed by atoms with Crippen LogP contribution in [0.1, 0.15) is 29.9 Å². The van der Waals surface area contributed by atoms with Gasteiger partial charge in [0.2, 0.25) is 0 Å². The largest absolute Gasteiger partial charge is 0.301 e. The normalized spacial score (nSPS) is 17.7. The van der Waals surface area contributed by atoms with Crippen molar-refractivity contribution in [3.8, 4) is 0 Å². The van der Waals surface area contributed by atoms with Crippen molar-refractivity contribution in [1.29, 1.82) is 0 Å². The van der Waals surface area contributed by atoms with Crippen LogP contribution in [0.5, 0.6) is 0 Å². The SMILES string of the molecule is Cc1cc(C)n(C(C)C2=NN(c3ccn(Cc4c(F)cccc4F)n3)C(N)S2)n1. The first-order chi connectivity index (χ1) is 13.8. The zero-order chi connectivity index (χ0) is 20.7. The van der Waals surface area contributed by atoms with Crippen molar-refractivity contribution in [3.63, 3.8) is 0 Å². The van der Waals surface area contributed by atoms with Crippen LogP contribution in [0.25, 0.3) is 0 Å².